The summed E-state index contributed by atoms with van der Waals surface area (Å²) in [5, 5.41) is 3.54. The molecular formula is C8H7S. The lowest BCUT2D eigenvalue weighted by atomic mass is 10.1. The minimum absolute atomic E-state index is 1.37. The van der Waals surface area contributed by atoms with Gasteiger partial charge < -0.3 is 0 Å². The lowest BCUT2D eigenvalue weighted by Gasteiger charge is -2.01. The van der Waals surface area contributed by atoms with Crippen molar-refractivity contribution in [1.29, 1.82) is 0 Å². The Hall–Kier alpha value is 0.0900. The van der Waals surface area contributed by atoms with Crippen molar-refractivity contribution < 1.29 is 0 Å². The lowest BCUT2D eigenvalue weighted by molar-refractivity contribution is 1.23. The topological polar surface area (TPSA) is 0 Å². The number of fused-ring (bicyclic) bond motifs is 1. The molecule has 0 amide bonds. The molecule has 1 saturated carbocycles. The van der Waals surface area contributed by atoms with E-state index in [-0.39, 0.29) is 0 Å². The van der Waals surface area contributed by atoms with Gasteiger partial charge in [0.2, 0.25) is 0 Å². The first-order chi connectivity index (χ1) is 4.36. The van der Waals surface area contributed by atoms with Crippen LogP contribution in [0, 0.1) is 29.9 Å². The molecular weight excluding hydrogens is 128 g/mol. The average Bonchev–Trinajstić information content (AvgIpc) is 2.22. The van der Waals surface area contributed by atoms with Crippen molar-refractivity contribution in [2.75, 3.05) is 0 Å². The van der Waals surface area contributed by atoms with Crippen LogP contribution in [0.2, 0.25) is 0 Å². The van der Waals surface area contributed by atoms with Gasteiger partial charge in [-0.15, -0.1) is 11.8 Å². The van der Waals surface area contributed by atoms with Crippen molar-refractivity contribution >= 4 is 11.8 Å². The van der Waals surface area contributed by atoms with Gasteiger partial charge in [-0.3, -0.25) is 0 Å². The molecule has 0 aromatic rings. The lowest BCUT2D eigenvalue weighted by Crippen LogP contribution is -1.88. The molecule has 45 valence electrons. The highest BCUT2D eigenvalue weighted by Crippen LogP contribution is 2.50. The standard InChI is InChI=1S/C8H7S/c1-6-4-7-2-3-9-8(7)5-6/h2-5H,1H3. The predicted molar refractivity (Wildman–Crippen MR) is 40.7 cm³/mol. The van der Waals surface area contributed by atoms with E-state index >= 15 is 0 Å². The van der Waals surface area contributed by atoms with Gasteiger partial charge in [-0.05, 0) is 24.2 Å². The number of hydrogen-bond acceptors (Lipinski definition) is 1. The Morgan fingerprint density at radius 1 is 1.33 bits per heavy atom. The zero-order valence-corrected chi connectivity index (χ0v) is 6.03. The average molecular weight is 135 g/mol. The summed E-state index contributed by atoms with van der Waals surface area (Å²) in [6.45, 7) is 2.13. The Bertz CT molecular complexity index is 140. The maximum atomic E-state index is 2.22. The van der Waals surface area contributed by atoms with E-state index in [9.17, 15) is 0 Å². The summed E-state index contributed by atoms with van der Waals surface area (Å²) in [5.41, 5.74) is 0. The molecule has 0 bridgehead atoms. The Kier molecular flexibility index (Phi) is 1.33. The minimum Gasteiger partial charge on any atom is -0.125 e. The van der Waals surface area contributed by atoms with Gasteiger partial charge in [0.05, 0.1) is 5.25 Å². The number of rotatable bonds is 0. The van der Waals surface area contributed by atoms with E-state index in [2.05, 4.69) is 31.2 Å². The number of thioether (sulfide) groups is 1. The van der Waals surface area contributed by atoms with Crippen LogP contribution < -0.4 is 0 Å². The molecule has 0 N–H and O–H groups in total. The molecule has 0 aromatic heterocycles. The van der Waals surface area contributed by atoms with Crippen molar-refractivity contribution in [3.05, 3.63) is 41.4 Å². The second-order valence-corrected chi connectivity index (χ2v) is 3.22. The molecule has 9 heavy (non-hydrogen) atoms. The van der Waals surface area contributed by atoms with Crippen molar-refractivity contribution in [2.24, 2.45) is 0 Å². The van der Waals surface area contributed by atoms with Gasteiger partial charge in [0.15, 0.2) is 0 Å². The van der Waals surface area contributed by atoms with Gasteiger partial charge in [0.1, 0.15) is 0 Å². The van der Waals surface area contributed by atoms with Crippen LogP contribution in [0.15, 0.2) is 11.5 Å². The summed E-state index contributed by atoms with van der Waals surface area (Å²) in [6, 6.07) is 0. The summed E-state index contributed by atoms with van der Waals surface area (Å²) in [7, 11) is 0. The Labute approximate surface area is 60.7 Å². The third kappa shape index (κ3) is 0.917. The van der Waals surface area contributed by atoms with Gasteiger partial charge in [-0.1, -0.05) is 13.0 Å². The highest BCUT2D eigenvalue weighted by atomic mass is 32.2. The Morgan fingerprint density at radius 3 is 3.00 bits per heavy atom. The summed E-state index contributed by atoms with van der Waals surface area (Å²) in [5.74, 6) is 2.76. The van der Waals surface area contributed by atoms with Crippen LogP contribution in [0.5, 0.6) is 0 Å². The van der Waals surface area contributed by atoms with Gasteiger partial charge in [0.25, 0.3) is 0 Å². The third-order valence-corrected chi connectivity index (χ3v) is 2.35. The van der Waals surface area contributed by atoms with Crippen molar-refractivity contribution in [2.45, 2.75) is 6.92 Å². The van der Waals surface area contributed by atoms with Crippen LogP contribution in [-0.4, -0.2) is 0 Å². The predicted octanol–water partition coefficient (Wildman–Crippen LogP) is 2.37. The highest BCUT2D eigenvalue weighted by Gasteiger charge is 2.34. The summed E-state index contributed by atoms with van der Waals surface area (Å²) < 4.78 is 0. The van der Waals surface area contributed by atoms with Crippen LogP contribution in [-0.2, 0) is 0 Å². The van der Waals surface area contributed by atoms with E-state index in [0.29, 0.717) is 0 Å². The van der Waals surface area contributed by atoms with Crippen LogP contribution in [0.25, 0.3) is 0 Å². The van der Waals surface area contributed by atoms with E-state index in [4.69, 9.17) is 0 Å². The zero-order valence-electron chi connectivity index (χ0n) is 5.22. The summed E-state index contributed by atoms with van der Waals surface area (Å²) in [6.07, 6.45) is 6.60. The second kappa shape index (κ2) is 2.05. The smallest absolute Gasteiger partial charge is 0.0502 e. The van der Waals surface area contributed by atoms with E-state index in [1.807, 2.05) is 11.8 Å². The fourth-order valence-corrected chi connectivity index (χ4v) is 1.94. The Balaban J connectivity index is 2.08. The molecule has 0 saturated heterocycles. The molecule has 0 nitrogen and oxygen atoms in total. The second-order valence-electron chi connectivity index (χ2n) is 2.27. The van der Waals surface area contributed by atoms with Crippen molar-refractivity contribution in [3.63, 3.8) is 0 Å². The summed E-state index contributed by atoms with van der Waals surface area (Å²) in [4.78, 5) is 0. The van der Waals surface area contributed by atoms with E-state index < -0.39 is 0 Å². The highest BCUT2D eigenvalue weighted by molar-refractivity contribution is 8.05. The molecule has 0 atom stereocenters. The number of hydrogen-bond donors (Lipinski definition) is 0. The van der Waals surface area contributed by atoms with Crippen molar-refractivity contribution in [3.8, 4) is 0 Å². The molecule has 0 unspecified atom stereocenters. The van der Waals surface area contributed by atoms with E-state index in [0.717, 1.165) is 0 Å². The molecule has 1 fully saturated rings. The van der Waals surface area contributed by atoms with Crippen molar-refractivity contribution in [1.82, 2.24) is 0 Å². The van der Waals surface area contributed by atoms with Crippen LogP contribution in [0.4, 0.5) is 0 Å². The number of allylic oxidation sites excluding steroid dienone is 1. The van der Waals surface area contributed by atoms with Gasteiger partial charge in [-0.2, -0.15) is 0 Å². The molecule has 1 heterocycles. The quantitative estimate of drug-likeness (QED) is 0.491. The maximum Gasteiger partial charge on any atom is 0.0502 e. The van der Waals surface area contributed by atoms with Gasteiger partial charge in [-0.25, -0.2) is 0 Å². The molecule has 0 aromatic carbocycles. The molecule has 0 spiro atoms. The molecule has 1 aliphatic heterocycles. The molecule has 1 aliphatic carbocycles. The fourth-order valence-electron chi connectivity index (χ4n) is 1.06. The first-order valence-corrected chi connectivity index (χ1v) is 3.85. The maximum absolute atomic E-state index is 2.22. The monoisotopic (exact) mass is 135 g/mol. The molecule has 5 radical (unpaired) electrons. The molecule has 1 heteroatoms. The van der Waals surface area contributed by atoms with Crippen LogP contribution in [0.1, 0.15) is 6.92 Å². The summed E-state index contributed by atoms with van der Waals surface area (Å²) >= 11 is 1.81. The first kappa shape index (κ1) is 5.84. The van der Waals surface area contributed by atoms with E-state index in [1.165, 1.54) is 17.1 Å². The third-order valence-electron chi connectivity index (χ3n) is 1.47. The van der Waals surface area contributed by atoms with E-state index in [1.54, 1.807) is 0 Å². The molecule has 2 aliphatic rings. The molecule has 2 rings (SSSR count). The van der Waals surface area contributed by atoms with Crippen LogP contribution >= 0.6 is 11.8 Å². The SMILES string of the molecule is C[C]1[CH][C]2C=CS[C]2[CH]1. The normalized spacial score (nSPS) is 29.9. The largest absolute Gasteiger partial charge is 0.125 e. The van der Waals surface area contributed by atoms with Gasteiger partial charge in [0, 0.05) is 5.92 Å². The zero-order chi connectivity index (χ0) is 6.27. The van der Waals surface area contributed by atoms with Gasteiger partial charge >= 0.3 is 0 Å². The minimum atomic E-state index is 1.37. The fraction of sp³-hybridized carbons (Fsp3) is 0.125. The first-order valence-electron chi connectivity index (χ1n) is 2.97. The Morgan fingerprint density at radius 2 is 2.22 bits per heavy atom. The van der Waals surface area contributed by atoms with Crippen LogP contribution in [0.3, 0.4) is 0 Å².